The van der Waals surface area contributed by atoms with E-state index in [9.17, 15) is 4.39 Å². The first-order valence-electron chi connectivity index (χ1n) is 5.26. The Kier molecular flexibility index (Phi) is 3.30. The van der Waals surface area contributed by atoms with Crippen molar-refractivity contribution in [3.8, 4) is 0 Å². The van der Waals surface area contributed by atoms with E-state index in [1.165, 1.54) is 6.07 Å². The Labute approximate surface area is 102 Å². The molecule has 1 aromatic carbocycles. The van der Waals surface area contributed by atoms with Crippen LogP contribution in [-0.4, -0.2) is 0 Å². The Balaban J connectivity index is 2.43. The molecule has 0 radical (unpaired) electrons. The Morgan fingerprint density at radius 3 is 2.88 bits per heavy atom. The minimum atomic E-state index is -0.322. The van der Waals surface area contributed by atoms with Gasteiger partial charge in [-0.3, -0.25) is 0 Å². The lowest BCUT2D eigenvalue weighted by Crippen LogP contribution is -2.08. The summed E-state index contributed by atoms with van der Waals surface area (Å²) in [4.78, 5) is 0. The van der Waals surface area contributed by atoms with Gasteiger partial charge < -0.3 is 10.2 Å². The second-order valence-electron chi connectivity index (χ2n) is 3.85. The molecule has 2 aromatic rings. The van der Waals surface area contributed by atoms with Crippen molar-refractivity contribution in [3.63, 3.8) is 0 Å². The predicted octanol–water partition coefficient (Wildman–Crippen LogP) is 4.13. The summed E-state index contributed by atoms with van der Waals surface area (Å²) in [7, 11) is 0. The average Bonchev–Trinajstić information content (AvgIpc) is 2.62. The highest BCUT2D eigenvalue weighted by Crippen LogP contribution is 2.29. The molecule has 2 rings (SSSR count). The van der Waals surface area contributed by atoms with Crippen molar-refractivity contribution in [3.05, 3.63) is 34.2 Å². The van der Waals surface area contributed by atoms with Gasteiger partial charge in [0.15, 0.2) is 0 Å². The molecule has 1 aromatic heterocycles. The Bertz CT molecular complexity index is 470. The fraction of sp³-hybridized carbons (Fsp3) is 0.333. The largest absolute Gasteiger partial charge is 0.459 e. The predicted molar refractivity (Wildman–Crippen MR) is 65.7 cm³/mol. The Morgan fingerprint density at radius 1 is 1.44 bits per heavy atom. The molecule has 86 valence electrons. The summed E-state index contributed by atoms with van der Waals surface area (Å²) < 4.78 is 19.2. The average molecular weight is 286 g/mol. The highest BCUT2D eigenvalue weighted by Gasteiger charge is 2.12. The Morgan fingerprint density at radius 2 is 2.19 bits per heavy atom. The van der Waals surface area contributed by atoms with Gasteiger partial charge in [-0.2, -0.15) is 0 Å². The maximum absolute atomic E-state index is 13.3. The zero-order chi connectivity index (χ0) is 11.7. The lowest BCUT2D eigenvalue weighted by Gasteiger charge is -2.04. The molecule has 0 amide bonds. The normalized spacial score (nSPS) is 13.2. The minimum absolute atomic E-state index is 0.112. The lowest BCUT2D eigenvalue weighted by molar-refractivity contribution is 0.474. The van der Waals surface area contributed by atoms with Crippen molar-refractivity contribution in [1.82, 2.24) is 0 Å². The summed E-state index contributed by atoms with van der Waals surface area (Å²) >= 11 is 3.15. The molecule has 1 heterocycles. The van der Waals surface area contributed by atoms with Gasteiger partial charge in [0.25, 0.3) is 0 Å². The van der Waals surface area contributed by atoms with E-state index >= 15 is 0 Å². The molecular formula is C12H13BrFNO. The maximum Gasteiger partial charge on any atom is 0.141 e. The van der Waals surface area contributed by atoms with Crippen LogP contribution in [0.3, 0.4) is 0 Å². The van der Waals surface area contributed by atoms with Gasteiger partial charge in [0.05, 0.1) is 10.5 Å². The summed E-state index contributed by atoms with van der Waals surface area (Å²) in [5.41, 5.74) is 6.49. The molecule has 2 N–H and O–H groups in total. The molecule has 0 saturated carbocycles. The van der Waals surface area contributed by atoms with Gasteiger partial charge in [-0.25, -0.2) is 4.39 Å². The van der Waals surface area contributed by atoms with Gasteiger partial charge in [-0.1, -0.05) is 13.3 Å². The zero-order valence-electron chi connectivity index (χ0n) is 8.97. The molecule has 0 saturated heterocycles. The van der Waals surface area contributed by atoms with Gasteiger partial charge in [0, 0.05) is 11.5 Å². The number of fused-ring (bicyclic) bond motifs is 1. The van der Waals surface area contributed by atoms with Crippen LogP contribution in [0.2, 0.25) is 0 Å². The Hall–Kier alpha value is -0.870. The first kappa shape index (κ1) is 11.6. The van der Waals surface area contributed by atoms with Crippen LogP contribution >= 0.6 is 15.9 Å². The first-order valence-corrected chi connectivity index (χ1v) is 6.05. The summed E-state index contributed by atoms with van der Waals surface area (Å²) in [5.74, 6) is 0.395. The second kappa shape index (κ2) is 4.55. The fourth-order valence-electron chi connectivity index (χ4n) is 1.69. The van der Waals surface area contributed by atoms with E-state index in [0.717, 1.165) is 18.2 Å². The van der Waals surface area contributed by atoms with Crippen LogP contribution in [0.25, 0.3) is 11.0 Å². The maximum atomic E-state index is 13.3. The molecule has 0 bridgehead atoms. The van der Waals surface area contributed by atoms with Gasteiger partial charge in [0.1, 0.15) is 17.2 Å². The smallest absolute Gasteiger partial charge is 0.141 e. The van der Waals surface area contributed by atoms with Crippen molar-refractivity contribution in [1.29, 1.82) is 0 Å². The number of benzene rings is 1. The highest BCUT2D eigenvalue weighted by molar-refractivity contribution is 9.10. The zero-order valence-corrected chi connectivity index (χ0v) is 10.6. The summed E-state index contributed by atoms with van der Waals surface area (Å²) in [5, 5.41) is 0.870. The molecular weight excluding hydrogens is 273 g/mol. The van der Waals surface area contributed by atoms with Crippen molar-refractivity contribution in [2.45, 2.75) is 25.8 Å². The van der Waals surface area contributed by atoms with E-state index in [-0.39, 0.29) is 11.9 Å². The van der Waals surface area contributed by atoms with Gasteiger partial charge in [-0.05, 0) is 34.5 Å². The van der Waals surface area contributed by atoms with Crippen molar-refractivity contribution < 1.29 is 8.81 Å². The van der Waals surface area contributed by atoms with Crippen molar-refractivity contribution in [2.24, 2.45) is 5.73 Å². The van der Waals surface area contributed by atoms with E-state index in [0.29, 0.717) is 15.8 Å². The van der Waals surface area contributed by atoms with E-state index in [1.54, 1.807) is 6.07 Å². The quantitative estimate of drug-likeness (QED) is 0.921. The van der Waals surface area contributed by atoms with Crippen LogP contribution in [0.15, 0.2) is 27.1 Å². The second-order valence-corrected chi connectivity index (χ2v) is 4.70. The number of rotatable bonds is 3. The first-order chi connectivity index (χ1) is 7.61. The number of hydrogen-bond donors (Lipinski definition) is 1. The standard InChI is InChI=1S/C12H13BrFNO/c1-2-3-10(15)12-5-7-4-8(13)9(14)6-11(7)16-12/h4-6,10H,2-3,15H2,1H3. The number of furan rings is 1. The van der Waals surface area contributed by atoms with E-state index in [1.807, 2.05) is 6.07 Å². The fourth-order valence-corrected chi connectivity index (χ4v) is 2.05. The minimum Gasteiger partial charge on any atom is -0.459 e. The lowest BCUT2D eigenvalue weighted by atomic mass is 10.1. The van der Waals surface area contributed by atoms with Gasteiger partial charge in [-0.15, -0.1) is 0 Å². The summed E-state index contributed by atoms with van der Waals surface area (Å²) in [6.45, 7) is 2.07. The number of halogens is 2. The van der Waals surface area contributed by atoms with Crippen LogP contribution in [0, 0.1) is 5.82 Å². The van der Waals surface area contributed by atoms with E-state index < -0.39 is 0 Å². The van der Waals surface area contributed by atoms with Gasteiger partial charge in [0.2, 0.25) is 0 Å². The SMILES string of the molecule is CCCC(N)c1cc2cc(Br)c(F)cc2o1. The molecule has 4 heteroatoms. The number of hydrogen-bond acceptors (Lipinski definition) is 2. The molecule has 0 fully saturated rings. The highest BCUT2D eigenvalue weighted by atomic mass is 79.9. The molecule has 1 unspecified atom stereocenters. The summed E-state index contributed by atoms with van der Waals surface area (Å²) in [6, 6.07) is 4.84. The third kappa shape index (κ3) is 2.13. The topological polar surface area (TPSA) is 39.2 Å². The van der Waals surface area contributed by atoms with Crippen LogP contribution in [-0.2, 0) is 0 Å². The third-order valence-electron chi connectivity index (χ3n) is 2.54. The molecule has 0 spiro atoms. The molecule has 2 nitrogen and oxygen atoms in total. The van der Waals surface area contributed by atoms with Crippen molar-refractivity contribution >= 4 is 26.9 Å². The van der Waals surface area contributed by atoms with Gasteiger partial charge >= 0.3 is 0 Å². The molecule has 0 aliphatic rings. The molecule has 0 aliphatic heterocycles. The molecule has 0 aliphatic carbocycles. The van der Waals surface area contributed by atoms with Crippen LogP contribution in [0.4, 0.5) is 4.39 Å². The molecule has 1 atom stereocenters. The van der Waals surface area contributed by atoms with E-state index in [2.05, 4.69) is 22.9 Å². The third-order valence-corrected chi connectivity index (χ3v) is 3.15. The van der Waals surface area contributed by atoms with Crippen LogP contribution in [0.5, 0.6) is 0 Å². The monoisotopic (exact) mass is 285 g/mol. The van der Waals surface area contributed by atoms with Crippen molar-refractivity contribution in [2.75, 3.05) is 0 Å². The van der Waals surface area contributed by atoms with Crippen LogP contribution < -0.4 is 5.73 Å². The molecule has 16 heavy (non-hydrogen) atoms. The van der Waals surface area contributed by atoms with Crippen LogP contribution in [0.1, 0.15) is 31.6 Å². The van der Waals surface area contributed by atoms with E-state index in [4.69, 9.17) is 10.2 Å². The number of nitrogens with two attached hydrogens (primary N) is 1. The summed E-state index contributed by atoms with van der Waals surface area (Å²) in [6.07, 6.45) is 1.86.